The average molecular weight is 325 g/mol. The van der Waals surface area contributed by atoms with Crippen LogP contribution in [0, 0.1) is 12.8 Å². The average Bonchev–Trinajstić information content (AvgIpc) is 2.95. The van der Waals surface area contributed by atoms with Gasteiger partial charge in [-0.05, 0) is 30.5 Å². The lowest BCUT2D eigenvalue weighted by molar-refractivity contribution is 0.181. The molecule has 2 N–H and O–H groups in total. The molecule has 0 aliphatic carbocycles. The van der Waals surface area contributed by atoms with Crippen molar-refractivity contribution in [3.05, 3.63) is 47.7 Å². The van der Waals surface area contributed by atoms with Crippen molar-refractivity contribution in [1.29, 1.82) is 0 Å². The van der Waals surface area contributed by atoms with Crippen molar-refractivity contribution in [3.63, 3.8) is 0 Å². The van der Waals surface area contributed by atoms with E-state index in [-0.39, 0.29) is 6.04 Å². The molecule has 24 heavy (non-hydrogen) atoms. The van der Waals surface area contributed by atoms with E-state index in [2.05, 4.69) is 53.2 Å². The summed E-state index contributed by atoms with van der Waals surface area (Å²) in [5.41, 5.74) is 4.09. The van der Waals surface area contributed by atoms with Gasteiger partial charge in [-0.3, -0.25) is 0 Å². The molecule has 0 unspecified atom stereocenters. The summed E-state index contributed by atoms with van der Waals surface area (Å²) < 4.78 is 5.13. The summed E-state index contributed by atoms with van der Waals surface area (Å²) in [6, 6.07) is 8.18. The van der Waals surface area contributed by atoms with Gasteiger partial charge < -0.3 is 15.0 Å². The number of fused-ring (bicyclic) bond motifs is 1. The van der Waals surface area contributed by atoms with Gasteiger partial charge in [-0.2, -0.15) is 0 Å². The molecule has 3 aromatic rings. The second-order valence-electron chi connectivity index (χ2n) is 6.34. The first-order chi connectivity index (χ1) is 11.6. The van der Waals surface area contributed by atoms with Crippen LogP contribution in [0.25, 0.3) is 11.0 Å². The molecule has 3 rings (SSSR count). The molecule has 0 spiro atoms. The number of methoxy groups -OCH3 is 1. The maximum Gasteiger partial charge on any atom is 0.130 e. The van der Waals surface area contributed by atoms with Crippen molar-refractivity contribution in [2.24, 2.45) is 5.92 Å². The zero-order chi connectivity index (χ0) is 17.1. The smallest absolute Gasteiger partial charge is 0.130 e. The van der Waals surface area contributed by atoms with E-state index in [1.165, 1.54) is 5.56 Å². The molecular formula is C18H23N5O. The van der Waals surface area contributed by atoms with E-state index < -0.39 is 0 Å². The van der Waals surface area contributed by atoms with Gasteiger partial charge in [0.15, 0.2) is 0 Å². The zero-order valence-corrected chi connectivity index (χ0v) is 14.5. The minimum absolute atomic E-state index is 0.0306. The molecule has 6 nitrogen and oxygen atoms in total. The van der Waals surface area contributed by atoms with Gasteiger partial charge in [-0.15, -0.1) is 0 Å². The van der Waals surface area contributed by atoms with Crippen molar-refractivity contribution in [3.8, 4) is 0 Å². The third-order valence-electron chi connectivity index (χ3n) is 3.94. The van der Waals surface area contributed by atoms with Crippen LogP contribution in [-0.2, 0) is 11.3 Å². The third-order valence-corrected chi connectivity index (χ3v) is 3.94. The predicted octanol–water partition coefficient (Wildman–Crippen LogP) is 3.62. The molecular weight excluding hydrogens is 302 g/mol. The zero-order valence-electron chi connectivity index (χ0n) is 14.5. The Morgan fingerprint density at radius 3 is 2.79 bits per heavy atom. The van der Waals surface area contributed by atoms with Gasteiger partial charge in [0.05, 0.1) is 29.4 Å². The summed E-state index contributed by atoms with van der Waals surface area (Å²) >= 11 is 0. The number of hydrogen-bond acceptors (Lipinski definition) is 5. The molecule has 0 bridgehead atoms. The van der Waals surface area contributed by atoms with Crippen LogP contribution in [-0.4, -0.2) is 27.0 Å². The second-order valence-corrected chi connectivity index (χ2v) is 6.34. The summed E-state index contributed by atoms with van der Waals surface area (Å²) in [4.78, 5) is 16.7. The largest absolute Gasteiger partial charge is 0.378 e. The van der Waals surface area contributed by atoms with Gasteiger partial charge in [0, 0.05) is 13.2 Å². The van der Waals surface area contributed by atoms with Gasteiger partial charge in [0.25, 0.3) is 0 Å². The van der Waals surface area contributed by atoms with Crippen LogP contribution in [0.2, 0.25) is 0 Å². The Morgan fingerprint density at radius 2 is 2.04 bits per heavy atom. The highest BCUT2D eigenvalue weighted by atomic mass is 16.5. The summed E-state index contributed by atoms with van der Waals surface area (Å²) in [6.45, 7) is 6.87. The molecule has 6 heteroatoms. The number of ether oxygens (including phenoxy) is 1. The van der Waals surface area contributed by atoms with E-state index in [9.17, 15) is 0 Å². The number of anilines is 1. The molecule has 1 atom stereocenters. The Morgan fingerprint density at radius 1 is 1.21 bits per heavy atom. The minimum Gasteiger partial charge on any atom is -0.378 e. The lowest BCUT2D eigenvalue weighted by Gasteiger charge is -2.21. The van der Waals surface area contributed by atoms with Crippen molar-refractivity contribution in [2.75, 3.05) is 12.4 Å². The number of imidazole rings is 1. The molecule has 0 radical (unpaired) electrons. The van der Waals surface area contributed by atoms with Crippen LogP contribution in [0.5, 0.6) is 0 Å². The summed E-state index contributed by atoms with van der Waals surface area (Å²) in [5, 5.41) is 3.47. The van der Waals surface area contributed by atoms with Gasteiger partial charge >= 0.3 is 0 Å². The molecule has 1 aromatic carbocycles. The fourth-order valence-corrected chi connectivity index (χ4v) is 2.70. The van der Waals surface area contributed by atoms with Crippen molar-refractivity contribution in [1.82, 2.24) is 19.9 Å². The first kappa shape index (κ1) is 16.4. The number of aromatic nitrogens is 4. The molecule has 126 valence electrons. The Balaban J connectivity index is 1.90. The quantitative estimate of drug-likeness (QED) is 0.724. The van der Waals surface area contributed by atoms with E-state index in [1.807, 2.05) is 12.1 Å². The standard InChI is InChI=1S/C18H23N5O/c1-11(2)17(23-16-8-13(9-24-4)19-10-20-16)18-21-14-6-5-12(3)7-15(14)22-18/h5-8,10-11,17H,9H2,1-4H3,(H,21,22)(H,19,20,23)/t17-/m1/s1. The summed E-state index contributed by atoms with van der Waals surface area (Å²) in [6.07, 6.45) is 1.55. The van der Waals surface area contributed by atoms with Crippen LogP contribution >= 0.6 is 0 Å². The highest BCUT2D eigenvalue weighted by Crippen LogP contribution is 2.26. The van der Waals surface area contributed by atoms with Crippen molar-refractivity contribution < 1.29 is 4.74 Å². The molecule has 2 aromatic heterocycles. The van der Waals surface area contributed by atoms with E-state index in [4.69, 9.17) is 9.72 Å². The van der Waals surface area contributed by atoms with E-state index in [0.717, 1.165) is 28.4 Å². The maximum atomic E-state index is 5.13. The predicted molar refractivity (Wildman–Crippen MR) is 94.8 cm³/mol. The van der Waals surface area contributed by atoms with Crippen molar-refractivity contribution >= 4 is 16.9 Å². The minimum atomic E-state index is 0.0306. The lowest BCUT2D eigenvalue weighted by Crippen LogP contribution is -2.19. The normalized spacial score (nSPS) is 12.7. The van der Waals surface area contributed by atoms with E-state index >= 15 is 0 Å². The van der Waals surface area contributed by atoms with E-state index in [0.29, 0.717) is 12.5 Å². The molecule has 0 amide bonds. The Kier molecular flexibility index (Phi) is 4.76. The number of nitrogens with zero attached hydrogens (tertiary/aromatic N) is 3. The number of H-pyrrole nitrogens is 1. The van der Waals surface area contributed by atoms with Gasteiger partial charge in [-0.25, -0.2) is 15.0 Å². The third kappa shape index (κ3) is 3.54. The fraction of sp³-hybridized carbons (Fsp3) is 0.389. The Labute approximate surface area is 141 Å². The SMILES string of the molecule is COCc1cc(N[C@@H](c2nc3ccc(C)cc3[nH]2)C(C)C)ncn1. The Hall–Kier alpha value is -2.47. The van der Waals surface area contributed by atoms with Gasteiger partial charge in [0.1, 0.15) is 18.0 Å². The molecule has 0 fully saturated rings. The van der Waals surface area contributed by atoms with Crippen LogP contribution in [0.1, 0.15) is 37.0 Å². The number of rotatable bonds is 6. The number of aromatic amines is 1. The molecule has 0 saturated carbocycles. The van der Waals surface area contributed by atoms with Crippen LogP contribution < -0.4 is 5.32 Å². The van der Waals surface area contributed by atoms with Crippen LogP contribution in [0.4, 0.5) is 5.82 Å². The highest BCUT2D eigenvalue weighted by molar-refractivity contribution is 5.76. The van der Waals surface area contributed by atoms with Crippen molar-refractivity contribution in [2.45, 2.75) is 33.4 Å². The van der Waals surface area contributed by atoms with Gasteiger partial charge in [0.2, 0.25) is 0 Å². The fourth-order valence-electron chi connectivity index (χ4n) is 2.70. The summed E-state index contributed by atoms with van der Waals surface area (Å²) in [5.74, 6) is 2.03. The molecule has 0 aliphatic heterocycles. The summed E-state index contributed by atoms with van der Waals surface area (Å²) in [7, 11) is 1.66. The number of nitrogens with one attached hydrogen (secondary N) is 2. The first-order valence-electron chi connectivity index (χ1n) is 8.09. The number of hydrogen-bond donors (Lipinski definition) is 2. The van der Waals surface area contributed by atoms with Gasteiger partial charge in [-0.1, -0.05) is 19.9 Å². The molecule has 0 aliphatic rings. The Bertz CT molecular complexity index is 827. The monoisotopic (exact) mass is 325 g/mol. The lowest BCUT2D eigenvalue weighted by atomic mass is 10.0. The van der Waals surface area contributed by atoms with E-state index in [1.54, 1.807) is 13.4 Å². The first-order valence-corrected chi connectivity index (χ1v) is 8.09. The molecule has 0 saturated heterocycles. The highest BCUT2D eigenvalue weighted by Gasteiger charge is 2.20. The number of aryl methyl sites for hydroxylation is 1. The topological polar surface area (TPSA) is 75.7 Å². The second kappa shape index (κ2) is 6.97. The molecule has 2 heterocycles. The number of benzene rings is 1. The maximum absolute atomic E-state index is 5.13. The van der Waals surface area contributed by atoms with Crippen LogP contribution in [0.15, 0.2) is 30.6 Å². The van der Waals surface area contributed by atoms with Crippen LogP contribution in [0.3, 0.4) is 0 Å².